The van der Waals surface area contributed by atoms with E-state index < -0.39 is 5.91 Å². The van der Waals surface area contributed by atoms with Crippen molar-refractivity contribution >= 4 is 35.2 Å². The molecule has 2 aromatic heterocycles. The maximum Gasteiger partial charge on any atom is 0.280 e. The van der Waals surface area contributed by atoms with Crippen molar-refractivity contribution < 1.29 is 4.79 Å². The summed E-state index contributed by atoms with van der Waals surface area (Å²) in [6.07, 6.45) is 1.58. The molecule has 0 atom stereocenters. The molecule has 0 aliphatic carbocycles. The van der Waals surface area contributed by atoms with Crippen molar-refractivity contribution in [1.82, 2.24) is 9.24 Å². The molecule has 7 heteroatoms. The molecule has 0 fully saturated rings. The lowest BCUT2D eigenvalue weighted by molar-refractivity contribution is -0.113. The van der Waals surface area contributed by atoms with E-state index in [0.29, 0.717) is 10.0 Å². The van der Waals surface area contributed by atoms with Crippen LogP contribution in [-0.2, 0) is 4.79 Å². The van der Waals surface area contributed by atoms with Gasteiger partial charge in [-0.3, -0.25) is 14.9 Å². The Labute approximate surface area is 179 Å². The number of nitrogens with zero attached hydrogens (tertiary/aromatic N) is 3. The third-order valence-corrected chi connectivity index (χ3v) is 5.32. The van der Waals surface area contributed by atoms with E-state index in [-0.39, 0.29) is 5.57 Å². The number of carbonyl (C=O) groups excluding carboxylic acids is 1. The molecule has 0 unspecified atom stereocenters. The summed E-state index contributed by atoms with van der Waals surface area (Å²) in [5.74, 6) is -0.472. The first-order chi connectivity index (χ1) is 13.7. The van der Waals surface area contributed by atoms with Crippen LogP contribution in [0.15, 0.2) is 42.0 Å². The van der Waals surface area contributed by atoms with Crippen molar-refractivity contribution in [3.05, 3.63) is 80.4 Å². The second kappa shape index (κ2) is 8.20. The van der Waals surface area contributed by atoms with Gasteiger partial charge in [0.05, 0.1) is 10.7 Å². The molecule has 3 aromatic rings. The van der Waals surface area contributed by atoms with Crippen molar-refractivity contribution in [2.45, 2.75) is 27.7 Å². The minimum atomic E-state index is -0.472. The molecule has 1 N–H and O–H groups in total. The summed E-state index contributed by atoms with van der Waals surface area (Å²) in [7, 11) is 0. The van der Waals surface area contributed by atoms with Crippen molar-refractivity contribution in [3.8, 4) is 11.8 Å². The van der Waals surface area contributed by atoms with Crippen LogP contribution < -0.4 is 5.43 Å². The van der Waals surface area contributed by atoms with Gasteiger partial charge in [0.25, 0.3) is 5.91 Å². The standard InChI is InChI=1S/C22H20Cl2N4O/c1-13-5-6-14(2)28(13)26-22(29)18(12-25)10-17-9-15(3)27(16(17)4)21-11-19(23)7-8-20(21)24/h5-11H,1-4H3,(H,26,29)/b18-10-. The molecule has 5 nitrogen and oxygen atoms in total. The SMILES string of the molecule is Cc1ccc(C)n1NC(=O)/C(C#N)=C\c1cc(C)n(-c2cc(Cl)ccc2Cl)c1C. The van der Waals surface area contributed by atoms with Gasteiger partial charge in [-0.25, -0.2) is 0 Å². The van der Waals surface area contributed by atoms with Crippen LogP contribution in [0.25, 0.3) is 11.8 Å². The van der Waals surface area contributed by atoms with Gasteiger partial charge in [-0.2, -0.15) is 5.26 Å². The molecule has 0 aliphatic rings. The predicted octanol–water partition coefficient (Wildman–Crippen LogP) is 5.50. The van der Waals surface area contributed by atoms with Crippen LogP contribution in [0.1, 0.15) is 28.3 Å². The van der Waals surface area contributed by atoms with Crippen LogP contribution in [0, 0.1) is 39.0 Å². The Morgan fingerprint density at radius 2 is 1.69 bits per heavy atom. The molecule has 0 bridgehead atoms. The van der Waals surface area contributed by atoms with E-state index in [4.69, 9.17) is 23.2 Å². The van der Waals surface area contributed by atoms with Crippen LogP contribution >= 0.6 is 23.2 Å². The van der Waals surface area contributed by atoms with Crippen LogP contribution in [0.3, 0.4) is 0 Å². The molecule has 0 aliphatic heterocycles. The largest absolute Gasteiger partial charge is 0.316 e. The zero-order valence-electron chi connectivity index (χ0n) is 16.5. The van der Waals surface area contributed by atoms with Gasteiger partial charge in [0.1, 0.15) is 11.6 Å². The molecular formula is C22H20Cl2N4O. The maximum atomic E-state index is 12.7. The lowest BCUT2D eigenvalue weighted by atomic mass is 10.1. The second-order valence-electron chi connectivity index (χ2n) is 6.82. The average molecular weight is 427 g/mol. The highest BCUT2D eigenvalue weighted by molar-refractivity contribution is 6.34. The summed E-state index contributed by atoms with van der Waals surface area (Å²) < 4.78 is 3.61. The van der Waals surface area contributed by atoms with Gasteiger partial charge in [-0.15, -0.1) is 0 Å². The number of aromatic nitrogens is 2. The minimum absolute atomic E-state index is 0.00920. The Hall–Kier alpha value is -2.94. The fourth-order valence-corrected chi connectivity index (χ4v) is 3.64. The van der Waals surface area contributed by atoms with Gasteiger partial charge in [0, 0.05) is 27.8 Å². The summed E-state index contributed by atoms with van der Waals surface area (Å²) in [6.45, 7) is 7.60. The summed E-state index contributed by atoms with van der Waals surface area (Å²) in [6, 6.07) is 12.9. The lowest BCUT2D eigenvalue weighted by Crippen LogP contribution is -2.25. The Morgan fingerprint density at radius 3 is 2.31 bits per heavy atom. The fraction of sp³-hybridized carbons (Fsp3) is 0.182. The fourth-order valence-electron chi connectivity index (χ4n) is 3.27. The molecular weight excluding hydrogens is 407 g/mol. The number of halogens is 2. The van der Waals surface area contributed by atoms with Gasteiger partial charge < -0.3 is 4.57 Å². The molecule has 1 aromatic carbocycles. The topological polar surface area (TPSA) is 62.8 Å². The number of carbonyl (C=O) groups is 1. The first-order valence-electron chi connectivity index (χ1n) is 8.95. The summed E-state index contributed by atoms with van der Waals surface area (Å²) in [5.41, 5.74) is 7.78. The number of benzene rings is 1. The molecule has 3 rings (SSSR count). The van der Waals surface area contributed by atoms with Crippen LogP contribution in [0.2, 0.25) is 10.0 Å². The average Bonchev–Trinajstić information content (AvgIpc) is 3.14. The summed E-state index contributed by atoms with van der Waals surface area (Å²) in [5, 5.41) is 10.7. The minimum Gasteiger partial charge on any atom is -0.316 e. The molecule has 2 heterocycles. The zero-order valence-corrected chi connectivity index (χ0v) is 18.1. The quantitative estimate of drug-likeness (QED) is 0.442. The highest BCUT2D eigenvalue weighted by Gasteiger charge is 2.16. The number of nitriles is 1. The predicted molar refractivity (Wildman–Crippen MR) is 117 cm³/mol. The van der Waals surface area contributed by atoms with Crippen molar-refractivity contribution in [2.24, 2.45) is 0 Å². The zero-order chi connectivity index (χ0) is 21.3. The number of aryl methyl sites for hydroxylation is 3. The monoisotopic (exact) mass is 426 g/mol. The van der Waals surface area contributed by atoms with E-state index in [1.807, 2.05) is 56.5 Å². The first kappa shape index (κ1) is 20.8. The van der Waals surface area contributed by atoms with Gasteiger partial charge in [-0.1, -0.05) is 23.2 Å². The van der Waals surface area contributed by atoms with Crippen LogP contribution in [0.4, 0.5) is 0 Å². The van der Waals surface area contributed by atoms with E-state index in [1.165, 1.54) is 0 Å². The van der Waals surface area contributed by atoms with Crippen molar-refractivity contribution in [2.75, 3.05) is 5.43 Å². The normalized spacial score (nSPS) is 11.4. The smallest absolute Gasteiger partial charge is 0.280 e. The third-order valence-electron chi connectivity index (χ3n) is 4.77. The lowest BCUT2D eigenvalue weighted by Gasteiger charge is -2.12. The third kappa shape index (κ3) is 4.09. The van der Waals surface area contributed by atoms with Crippen LogP contribution in [-0.4, -0.2) is 15.2 Å². The Morgan fingerprint density at radius 1 is 1.03 bits per heavy atom. The van der Waals surface area contributed by atoms with Gasteiger partial charge in [0.2, 0.25) is 0 Å². The molecule has 0 saturated carbocycles. The van der Waals surface area contributed by atoms with E-state index in [2.05, 4.69) is 5.43 Å². The van der Waals surface area contributed by atoms with E-state index in [9.17, 15) is 10.1 Å². The van der Waals surface area contributed by atoms with E-state index in [0.717, 1.165) is 34.0 Å². The number of hydrogen-bond donors (Lipinski definition) is 1. The van der Waals surface area contributed by atoms with Crippen LogP contribution in [0.5, 0.6) is 0 Å². The number of hydrogen-bond acceptors (Lipinski definition) is 2. The molecule has 29 heavy (non-hydrogen) atoms. The molecule has 148 valence electrons. The molecule has 0 radical (unpaired) electrons. The number of nitrogens with one attached hydrogen (secondary N) is 1. The number of amides is 1. The van der Waals surface area contributed by atoms with Gasteiger partial charge in [0.15, 0.2) is 0 Å². The Bertz CT molecular complexity index is 1160. The highest BCUT2D eigenvalue weighted by Crippen LogP contribution is 2.29. The Balaban J connectivity index is 2.00. The van der Waals surface area contributed by atoms with Crippen molar-refractivity contribution in [1.29, 1.82) is 5.26 Å². The van der Waals surface area contributed by atoms with E-state index in [1.54, 1.807) is 29.0 Å². The molecule has 1 amide bonds. The number of rotatable bonds is 4. The summed E-state index contributed by atoms with van der Waals surface area (Å²) in [4.78, 5) is 12.7. The first-order valence-corrected chi connectivity index (χ1v) is 9.71. The van der Waals surface area contributed by atoms with Crippen molar-refractivity contribution in [3.63, 3.8) is 0 Å². The Kier molecular flexibility index (Phi) is 5.88. The highest BCUT2D eigenvalue weighted by atomic mass is 35.5. The second-order valence-corrected chi connectivity index (χ2v) is 7.66. The summed E-state index contributed by atoms with van der Waals surface area (Å²) >= 11 is 12.5. The maximum absolute atomic E-state index is 12.7. The molecule has 0 spiro atoms. The molecule has 0 saturated heterocycles. The van der Waals surface area contributed by atoms with E-state index >= 15 is 0 Å². The van der Waals surface area contributed by atoms with Gasteiger partial charge >= 0.3 is 0 Å². The van der Waals surface area contributed by atoms with Gasteiger partial charge in [-0.05, 0) is 75.7 Å².